The lowest BCUT2D eigenvalue weighted by atomic mass is 10.0. The molecule has 0 unspecified atom stereocenters. The Bertz CT molecular complexity index is 1040. The number of aliphatic hydroxyl groups excluding tert-OH is 2. The number of aromatic nitrogens is 4. The number of ether oxygens (including phenoxy) is 1. The molecule has 13 heteroatoms. The summed E-state index contributed by atoms with van der Waals surface area (Å²) in [5, 5.41) is 28.7. The van der Waals surface area contributed by atoms with E-state index in [0.29, 0.717) is 35.1 Å². The molecular formula is C20H27N7O5S. The molecule has 5 N–H and O–H groups in total. The van der Waals surface area contributed by atoms with Crippen molar-refractivity contribution < 1.29 is 24.5 Å². The highest BCUT2D eigenvalue weighted by molar-refractivity contribution is 8.00. The number of imidazole rings is 1. The summed E-state index contributed by atoms with van der Waals surface area (Å²) in [5.74, 6) is 1.08. The molecule has 3 aliphatic rings. The minimum absolute atomic E-state index is 0.0875. The first-order chi connectivity index (χ1) is 16.0. The van der Waals surface area contributed by atoms with E-state index in [1.807, 2.05) is 11.8 Å². The van der Waals surface area contributed by atoms with Crippen LogP contribution in [0, 0.1) is 0 Å². The highest BCUT2D eigenvalue weighted by atomic mass is 32.2. The van der Waals surface area contributed by atoms with Crippen LogP contribution >= 0.6 is 11.8 Å². The van der Waals surface area contributed by atoms with Gasteiger partial charge in [-0.1, -0.05) is 6.42 Å². The third-order valence-corrected chi connectivity index (χ3v) is 7.85. The molecule has 3 aliphatic heterocycles. The zero-order chi connectivity index (χ0) is 22.9. The lowest BCUT2D eigenvalue weighted by Crippen LogP contribution is -2.36. The van der Waals surface area contributed by atoms with E-state index in [0.717, 1.165) is 25.0 Å². The Hall–Kier alpha value is -2.48. The van der Waals surface area contributed by atoms with Crippen LogP contribution in [-0.2, 0) is 9.53 Å². The van der Waals surface area contributed by atoms with Gasteiger partial charge < -0.3 is 30.9 Å². The monoisotopic (exact) mass is 477 g/mol. The summed E-state index contributed by atoms with van der Waals surface area (Å²) in [5.41, 5.74) is 0.843. The van der Waals surface area contributed by atoms with Crippen LogP contribution < -0.4 is 16.0 Å². The van der Waals surface area contributed by atoms with Gasteiger partial charge in [0.1, 0.15) is 12.4 Å². The van der Waals surface area contributed by atoms with Crippen LogP contribution in [0.4, 0.5) is 10.6 Å². The fourth-order valence-electron chi connectivity index (χ4n) is 4.70. The maximum absolute atomic E-state index is 12.5. The second-order valence-corrected chi connectivity index (χ2v) is 9.87. The van der Waals surface area contributed by atoms with Crippen molar-refractivity contribution in [1.29, 1.82) is 0 Å². The molecule has 3 amide bonds. The normalized spacial score (nSPS) is 30.9. The SMILES string of the molecule is O=C(CCCC[C@@H]1SC[C@@H]2NC(=O)N[C@@H]21)Nc1ncnc2c1ncn2[C@@H]1O[C@H](CO)C[C@@H]1O. The first-order valence-electron chi connectivity index (χ1n) is 11.1. The summed E-state index contributed by atoms with van der Waals surface area (Å²) in [4.78, 5) is 36.7. The zero-order valence-corrected chi connectivity index (χ0v) is 18.7. The third-order valence-electron chi connectivity index (χ3n) is 6.34. The molecule has 5 heterocycles. The first-order valence-corrected chi connectivity index (χ1v) is 12.2. The van der Waals surface area contributed by atoms with Crippen LogP contribution in [0.15, 0.2) is 12.7 Å². The lowest BCUT2D eigenvalue weighted by molar-refractivity contribution is -0.116. The first kappa shape index (κ1) is 22.3. The van der Waals surface area contributed by atoms with Crippen LogP contribution in [0.2, 0.25) is 0 Å². The lowest BCUT2D eigenvalue weighted by Gasteiger charge is -2.16. The van der Waals surface area contributed by atoms with Crippen molar-refractivity contribution in [3.8, 4) is 0 Å². The van der Waals surface area contributed by atoms with E-state index in [9.17, 15) is 19.8 Å². The molecule has 3 saturated heterocycles. The maximum atomic E-state index is 12.5. The average Bonchev–Trinajstić information content (AvgIpc) is 3.55. The summed E-state index contributed by atoms with van der Waals surface area (Å²) in [7, 11) is 0. The van der Waals surface area contributed by atoms with Crippen LogP contribution in [0.3, 0.4) is 0 Å². The molecule has 5 rings (SSSR count). The molecule has 0 aromatic carbocycles. The molecule has 6 atom stereocenters. The van der Waals surface area contributed by atoms with Gasteiger partial charge in [-0.05, 0) is 12.8 Å². The van der Waals surface area contributed by atoms with E-state index < -0.39 is 18.4 Å². The molecule has 0 spiro atoms. The summed E-state index contributed by atoms with van der Waals surface area (Å²) in [6.07, 6.45) is 4.11. The molecule has 2 aromatic rings. The molecule has 2 aromatic heterocycles. The Balaban J connectivity index is 1.15. The van der Waals surface area contributed by atoms with E-state index in [4.69, 9.17) is 4.74 Å². The minimum atomic E-state index is -0.797. The fourth-order valence-corrected chi connectivity index (χ4v) is 6.24. The van der Waals surface area contributed by atoms with Crippen LogP contribution in [0.5, 0.6) is 0 Å². The molecule has 33 heavy (non-hydrogen) atoms. The van der Waals surface area contributed by atoms with Gasteiger partial charge in [0, 0.05) is 23.8 Å². The van der Waals surface area contributed by atoms with Gasteiger partial charge in [0.25, 0.3) is 0 Å². The number of hydrogen-bond donors (Lipinski definition) is 5. The number of carbonyl (C=O) groups is 2. The number of nitrogens with one attached hydrogen (secondary N) is 3. The molecule has 0 radical (unpaired) electrons. The van der Waals surface area contributed by atoms with Crippen molar-refractivity contribution in [3.63, 3.8) is 0 Å². The van der Waals surface area contributed by atoms with Crippen molar-refractivity contribution in [2.45, 2.75) is 67.9 Å². The maximum Gasteiger partial charge on any atom is 0.315 e. The Morgan fingerprint density at radius 3 is 3.00 bits per heavy atom. The number of anilines is 1. The Morgan fingerprint density at radius 2 is 2.18 bits per heavy atom. The molecule has 3 fully saturated rings. The third kappa shape index (κ3) is 4.50. The Morgan fingerprint density at radius 1 is 1.30 bits per heavy atom. The standard InChI is InChI=1S/C20H27N7O5S/c28-6-10-5-12(29)19(32-10)27-9-23-16-17(21-8-22-18(16)27)25-14(30)4-2-1-3-13-15-11(7-33-13)24-20(31)26-15/h8-13,15,19,28-29H,1-7H2,(H2,24,26,31)(H,21,22,25,30)/t10-,11-,12-,13-,15-,19+/m0/s1. The van der Waals surface area contributed by atoms with Gasteiger partial charge in [0.05, 0.1) is 31.1 Å². The van der Waals surface area contributed by atoms with Gasteiger partial charge in [-0.15, -0.1) is 0 Å². The summed E-state index contributed by atoms with van der Waals surface area (Å²) in [6.45, 7) is -0.178. The molecular weight excluding hydrogens is 450 g/mol. The zero-order valence-electron chi connectivity index (χ0n) is 17.9. The highest BCUT2D eigenvalue weighted by Crippen LogP contribution is 2.34. The summed E-state index contributed by atoms with van der Waals surface area (Å²) < 4.78 is 7.28. The van der Waals surface area contributed by atoms with Crippen molar-refractivity contribution in [3.05, 3.63) is 12.7 Å². The quantitative estimate of drug-likeness (QED) is 0.263. The molecule has 0 bridgehead atoms. The van der Waals surface area contributed by atoms with Crippen molar-refractivity contribution in [2.24, 2.45) is 0 Å². The van der Waals surface area contributed by atoms with Crippen molar-refractivity contribution >= 4 is 40.7 Å². The van der Waals surface area contributed by atoms with Crippen molar-refractivity contribution in [1.82, 2.24) is 30.2 Å². The van der Waals surface area contributed by atoms with Gasteiger partial charge in [0.2, 0.25) is 5.91 Å². The Labute approximate surface area is 193 Å². The van der Waals surface area contributed by atoms with E-state index >= 15 is 0 Å². The largest absolute Gasteiger partial charge is 0.394 e. The number of aliphatic hydroxyl groups is 2. The summed E-state index contributed by atoms with van der Waals surface area (Å²) >= 11 is 1.87. The fraction of sp³-hybridized carbons (Fsp3) is 0.650. The van der Waals surface area contributed by atoms with Gasteiger partial charge >= 0.3 is 6.03 Å². The molecule has 178 valence electrons. The Kier molecular flexibility index (Phi) is 6.36. The summed E-state index contributed by atoms with van der Waals surface area (Å²) in [6, 6.07) is 0.298. The average molecular weight is 478 g/mol. The van der Waals surface area contributed by atoms with Crippen molar-refractivity contribution in [2.75, 3.05) is 17.7 Å². The number of amides is 3. The van der Waals surface area contributed by atoms with E-state index in [2.05, 4.69) is 30.9 Å². The number of urea groups is 1. The van der Waals surface area contributed by atoms with E-state index in [1.54, 1.807) is 4.57 Å². The number of unbranched alkanes of at least 4 members (excludes halogenated alkanes) is 1. The van der Waals surface area contributed by atoms with E-state index in [-0.39, 0.29) is 30.6 Å². The van der Waals surface area contributed by atoms with Crippen LogP contribution in [-0.4, -0.2) is 83.6 Å². The van der Waals surface area contributed by atoms with Gasteiger partial charge in [-0.25, -0.2) is 19.7 Å². The number of fused-ring (bicyclic) bond motifs is 2. The molecule has 0 aliphatic carbocycles. The predicted octanol–water partition coefficient (Wildman–Crippen LogP) is 0.131. The predicted molar refractivity (Wildman–Crippen MR) is 120 cm³/mol. The number of thioether (sulfide) groups is 1. The molecule has 0 saturated carbocycles. The smallest absolute Gasteiger partial charge is 0.315 e. The second-order valence-electron chi connectivity index (χ2n) is 8.60. The highest BCUT2D eigenvalue weighted by Gasteiger charge is 2.42. The number of carbonyl (C=O) groups excluding carboxylic acids is 2. The number of nitrogens with zero attached hydrogens (tertiary/aromatic N) is 4. The van der Waals surface area contributed by atoms with Gasteiger partial charge in [-0.2, -0.15) is 11.8 Å². The number of rotatable bonds is 8. The van der Waals surface area contributed by atoms with Crippen LogP contribution in [0.1, 0.15) is 38.3 Å². The van der Waals surface area contributed by atoms with Crippen LogP contribution in [0.25, 0.3) is 11.2 Å². The minimum Gasteiger partial charge on any atom is -0.394 e. The molecule has 12 nitrogen and oxygen atoms in total. The number of hydrogen-bond acceptors (Lipinski definition) is 9. The van der Waals surface area contributed by atoms with Gasteiger partial charge in [0.15, 0.2) is 23.2 Å². The van der Waals surface area contributed by atoms with Gasteiger partial charge in [-0.3, -0.25) is 9.36 Å². The topological polar surface area (TPSA) is 164 Å². The van der Waals surface area contributed by atoms with E-state index in [1.165, 1.54) is 12.7 Å². The second kappa shape index (κ2) is 9.41.